The SMILES string of the molecule is CC1(CNCC(C(N)=NO)C(F)(F)F)CCCCC1. The molecule has 1 aliphatic carbocycles. The van der Waals surface area contributed by atoms with Gasteiger partial charge in [0.05, 0.1) is 0 Å². The van der Waals surface area contributed by atoms with Crippen LogP contribution in [-0.2, 0) is 0 Å². The summed E-state index contributed by atoms with van der Waals surface area (Å²) in [6.07, 6.45) is 1.00. The average Bonchev–Trinajstić information content (AvgIpc) is 2.33. The molecule has 1 saturated carbocycles. The molecule has 112 valence electrons. The van der Waals surface area contributed by atoms with Crippen molar-refractivity contribution in [3.8, 4) is 0 Å². The number of halogens is 3. The van der Waals surface area contributed by atoms with E-state index in [4.69, 9.17) is 10.9 Å². The maximum absolute atomic E-state index is 12.7. The van der Waals surface area contributed by atoms with E-state index < -0.39 is 17.9 Å². The fourth-order valence-corrected chi connectivity index (χ4v) is 2.56. The van der Waals surface area contributed by atoms with E-state index in [0.717, 1.165) is 25.7 Å². The van der Waals surface area contributed by atoms with Crippen molar-refractivity contribution < 1.29 is 18.4 Å². The van der Waals surface area contributed by atoms with Crippen LogP contribution in [0.15, 0.2) is 5.16 Å². The summed E-state index contributed by atoms with van der Waals surface area (Å²) in [6.45, 7) is 2.26. The molecule has 1 fully saturated rings. The van der Waals surface area contributed by atoms with Gasteiger partial charge in [-0.3, -0.25) is 0 Å². The van der Waals surface area contributed by atoms with Crippen LogP contribution in [0.2, 0.25) is 0 Å². The third kappa shape index (κ3) is 4.89. The predicted octanol–water partition coefficient (Wildman–Crippen LogP) is 2.47. The molecule has 1 atom stereocenters. The minimum atomic E-state index is -4.50. The van der Waals surface area contributed by atoms with Crippen LogP contribution < -0.4 is 11.1 Å². The van der Waals surface area contributed by atoms with E-state index >= 15 is 0 Å². The number of alkyl halides is 3. The zero-order valence-electron chi connectivity index (χ0n) is 11.1. The Labute approximate surface area is 111 Å². The highest BCUT2D eigenvalue weighted by Crippen LogP contribution is 2.35. The van der Waals surface area contributed by atoms with Crippen molar-refractivity contribution in [1.29, 1.82) is 0 Å². The fraction of sp³-hybridized carbons (Fsp3) is 0.917. The first-order valence-electron chi connectivity index (χ1n) is 6.53. The number of hydrogen-bond acceptors (Lipinski definition) is 3. The summed E-state index contributed by atoms with van der Waals surface area (Å²) in [4.78, 5) is 0. The smallest absolute Gasteiger partial charge is 0.400 e. The highest BCUT2D eigenvalue weighted by Gasteiger charge is 2.42. The van der Waals surface area contributed by atoms with Crippen molar-refractivity contribution in [3.05, 3.63) is 0 Å². The van der Waals surface area contributed by atoms with Gasteiger partial charge in [-0.1, -0.05) is 31.3 Å². The van der Waals surface area contributed by atoms with Gasteiger partial charge in [0.1, 0.15) is 5.92 Å². The van der Waals surface area contributed by atoms with Crippen molar-refractivity contribution in [3.63, 3.8) is 0 Å². The van der Waals surface area contributed by atoms with Crippen LogP contribution in [0.1, 0.15) is 39.0 Å². The second-order valence-electron chi connectivity index (χ2n) is 5.62. The quantitative estimate of drug-likeness (QED) is 0.314. The molecule has 0 amide bonds. The van der Waals surface area contributed by atoms with E-state index in [9.17, 15) is 13.2 Å². The summed E-state index contributed by atoms with van der Waals surface area (Å²) in [5.74, 6) is -2.74. The average molecular weight is 281 g/mol. The standard InChI is InChI=1S/C12H22F3N3O/c1-11(5-3-2-4-6-11)8-17-7-9(10(16)18-19)12(13,14)15/h9,17,19H,2-8H2,1H3,(H2,16,18). The van der Waals surface area contributed by atoms with Gasteiger partial charge in [0, 0.05) is 13.1 Å². The summed E-state index contributed by atoms with van der Waals surface area (Å²) in [7, 11) is 0. The van der Waals surface area contributed by atoms with Gasteiger partial charge in [0.25, 0.3) is 0 Å². The summed E-state index contributed by atoms with van der Waals surface area (Å²) >= 11 is 0. The normalized spacial score (nSPS) is 22.2. The van der Waals surface area contributed by atoms with E-state index in [2.05, 4.69) is 17.4 Å². The van der Waals surface area contributed by atoms with Crippen LogP contribution in [0.5, 0.6) is 0 Å². The lowest BCUT2D eigenvalue weighted by atomic mass is 9.75. The Kier molecular flexibility index (Phi) is 5.46. The molecule has 1 rings (SSSR count). The van der Waals surface area contributed by atoms with Gasteiger partial charge in [-0.15, -0.1) is 0 Å². The summed E-state index contributed by atoms with van der Waals surface area (Å²) in [5, 5.41) is 13.7. The molecule has 1 aliphatic rings. The highest BCUT2D eigenvalue weighted by molar-refractivity contribution is 5.83. The zero-order valence-corrected chi connectivity index (χ0v) is 11.1. The lowest BCUT2D eigenvalue weighted by Gasteiger charge is -2.34. The van der Waals surface area contributed by atoms with Gasteiger partial charge in [-0.25, -0.2) is 0 Å². The number of oxime groups is 1. The van der Waals surface area contributed by atoms with Crippen LogP contribution in [0, 0.1) is 11.3 Å². The largest absolute Gasteiger partial charge is 0.409 e. The Bertz CT molecular complexity index is 312. The minimum Gasteiger partial charge on any atom is -0.409 e. The van der Waals surface area contributed by atoms with Crippen LogP contribution in [0.25, 0.3) is 0 Å². The van der Waals surface area contributed by atoms with Crippen LogP contribution in [0.3, 0.4) is 0 Å². The van der Waals surface area contributed by atoms with Gasteiger partial charge >= 0.3 is 6.18 Å². The molecular weight excluding hydrogens is 259 g/mol. The van der Waals surface area contributed by atoms with E-state index in [1.54, 1.807) is 0 Å². The molecule has 7 heteroatoms. The Morgan fingerprint density at radius 3 is 2.42 bits per heavy atom. The zero-order chi connectivity index (χ0) is 14.5. The fourth-order valence-electron chi connectivity index (χ4n) is 2.56. The molecule has 0 aromatic heterocycles. The Morgan fingerprint density at radius 1 is 1.37 bits per heavy atom. The molecule has 0 aromatic carbocycles. The molecule has 4 nitrogen and oxygen atoms in total. The predicted molar refractivity (Wildman–Crippen MR) is 67.0 cm³/mol. The first kappa shape index (κ1) is 16.1. The first-order chi connectivity index (χ1) is 8.78. The minimum absolute atomic E-state index is 0.0551. The Balaban J connectivity index is 2.48. The summed E-state index contributed by atoms with van der Waals surface area (Å²) < 4.78 is 38.1. The monoisotopic (exact) mass is 281 g/mol. The van der Waals surface area contributed by atoms with E-state index in [-0.39, 0.29) is 12.0 Å². The van der Waals surface area contributed by atoms with Gasteiger partial charge in [0.2, 0.25) is 0 Å². The molecule has 0 heterocycles. The number of amidine groups is 1. The van der Waals surface area contributed by atoms with Gasteiger partial charge in [0.15, 0.2) is 5.84 Å². The lowest BCUT2D eigenvalue weighted by molar-refractivity contribution is -0.155. The number of nitrogens with two attached hydrogens (primary N) is 1. The van der Waals surface area contributed by atoms with Crippen molar-refractivity contribution >= 4 is 5.84 Å². The molecular formula is C12H22F3N3O. The number of rotatable bonds is 5. The maximum atomic E-state index is 12.7. The van der Waals surface area contributed by atoms with E-state index in [0.29, 0.717) is 6.54 Å². The molecule has 0 spiro atoms. The first-order valence-corrected chi connectivity index (χ1v) is 6.53. The van der Waals surface area contributed by atoms with Crippen molar-refractivity contribution in [2.75, 3.05) is 13.1 Å². The van der Waals surface area contributed by atoms with Crippen LogP contribution >= 0.6 is 0 Å². The van der Waals surface area contributed by atoms with E-state index in [1.807, 2.05) is 0 Å². The van der Waals surface area contributed by atoms with Gasteiger partial charge in [-0.05, 0) is 18.3 Å². The maximum Gasteiger partial charge on any atom is 0.400 e. The van der Waals surface area contributed by atoms with Crippen molar-refractivity contribution in [1.82, 2.24) is 5.32 Å². The molecule has 0 bridgehead atoms. The molecule has 0 saturated heterocycles. The second kappa shape index (κ2) is 6.45. The number of nitrogens with one attached hydrogen (secondary N) is 1. The highest BCUT2D eigenvalue weighted by atomic mass is 19.4. The Hall–Kier alpha value is -0.980. The molecule has 0 aliphatic heterocycles. The topological polar surface area (TPSA) is 70.6 Å². The van der Waals surface area contributed by atoms with Gasteiger partial charge < -0.3 is 16.3 Å². The second-order valence-corrected chi connectivity index (χ2v) is 5.62. The van der Waals surface area contributed by atoms with Gasteiger partial charge in [-0.2, -0.15) is 13.2 Å². The summed E-state index contributed by atoms with van der Waals surface area (Å²) in [6, 6.07) is 0. The van der Waals surface area contributed by atoms with Crippen molar-refractivity contribution in [2.45, 2.75) is 45.2 Å². The number of nitrogens with zero attached hydrogens (tertiary/aromatic N) is 1. The molecule has 19 heavy (non-hydrogen) atoms. The third-order valence-electron chi connectivity index (χ3n) is 3.83. The third-order valence-corrected chi connectivity index (χ3v) is 3.83. The lowest BCUT2D eigenvalue weighted by Crippen LogP contribution is -2.45. The number of hydrogen-bond donors (Lipinski definition) is 3. The molecule has 0 aromatic rings. The van der Waals surface area contributed by atoms with Crippen LogP contribution in [-0.4, -0.2) is 30.3 Å². The van der Waals surface area contributed by atoms with Crippen LogP contribution in [0.4, 0.5) is 13.2 Å². The molecule has 4 N–H and O–H groups in total. The molecule has 1 unspecified atom stereocenters. The van der Waals surface area contributed by atoms with E-state index in [1.165, 1.54) is 6.42 Å². The molecule has 0 radical (unpaired) electrons. The van der Waals surface area contributed by atoms with Crippen molar-refractivity contribution in [2.24, 2.45) is 22.2 Å². The Morgan fingerprint density at radius 2 is 1.95 bits per heavy atom. The summed E-state index contributed by atoms with van der Waals surface area (Å²) in [5.41, 5.74) is 5.15.